The molecule has 0 unspecified atom stereocenters. The van der Waals surface area contributed by atoms with E-state index < -0.39 is 0 Å². The Kier molecular flexibility index (Phi) is 3.78. The van der Waals surface area contributed by atoms with Crippen LogP contribution in [0.2, 0.25) is 5.02 Å². The van der Waals surface area contributed by atoms with Gasteiger partial charge in [-0.25, -0.2) is 0 Å². The van der Waals surface area contributed by atoms with Crippen LogP contribution in [0.5, 0.6) is 0 Å². The Morgan fingerprint density at radius 1 is 1.16 bits per heavy atom. The van der Waals surface area contributed by atoms with Crippen LogP contribution in [0.4, 0.5) is 5.69 Å². The van der Waals surface area contributed by atoms with E-state index in [0.29, 0.717) is 0 Å². The number of anilines is 1. The second-order valence-electron chi connectivity index (χ2n) is 4.24. The van der Waals surface area contributed by atoms with E-state index >= 15 is 0 Å². The summed E-state index contributed by atoms with van der Waals surface area (Å²) >= 11 is 11.3. The highest BCUT2D eigenvalue weighted by atomic mass is 79.9. The lowest BCUT2D eigenvalue weighted by molar-refractivity contribution is 1.18. The summed E-state index contributed by atoms with van der Waals surface area (Å²) in [4.78, 5) is 0. The van der Waals surface area contributed by atoms with Gasteiger partial charge in [0.1, 0.15) is 0 Å². The Hall–Kier alpha value is -1.03. The SMILES string of the molecule is Clc1cc(NCc2csc3ccccc23)ccc1Br. The summed E-state index contributed by atoms with van der Waals surface area (Å²) in [5.74, 6) is 0. The fourth-order valence-electron chi connectivity index (χ4n) is 1.97. The van der Waals surface area contributed by atoms with Gasteiger partial charge in [-0.05, 0) is 56.5 Å². The Bertz CT molecular complexity index is 723. The first-order chi connectivity index (χ1) is 9.24. The minimum absolute atomic E-state index is 0.722. The third-order valence-corrected chi connectivity index (χ3v) is 5.21. The van der Waals surface area contributed by atoms with Crippen molar-refractivity contribution in [3.8, 4) is 0 Å². The van der Waals surface area contributed by atoms with Crippen LogP contribution in [0.15, 0.2) is 52.3 Å². The Morgan fingerprint density at radius 2 is 2.00 bits per heavy atom. The number of rotatable bonds is 3. The molecule has 1 N–H and O–H groups in total. The van der Waals surface area contributed by atoms with Crippen molar-refractivity contribution in [1.29, 1.82) is 0 Å². The first-order valence-corrected chi connectivity index (χ1v) is 7.93. The molecule has 0 atom stereocenters. The second-order valence-corrected chi connectivity index (χ2v) is 6.41. The fraction of sp³-hybridized carbons (Fsp3) is 0.0667. The predicted octanol–water partition coefficient (Wildman–Crippen LogP) is 5.93. The van der Waals surface area contributed by atoms with Gasteiger partial charge in [0.15, 0.2) is 0 Å². The molecule has 0 saturated carbocycles. The zero-order valence-corrected chi connectivity index (χ0v) is 13.1. The lowest BCUT2D eigenvalue weighted by Gasteiger charge is -2.07. The van der Waals surface area contributed by atoms with Crippen molar-refractivity contribution < 1.29 is 0 Å². The molecule has 0 aliphatic heterocycles. The number of hydrogen-bond acceptors (Lipinski definition) is 2. The zero-order chi connectivity index (χ0) is 13.2. The van der Waals surface area contributed by atoms with Crippen molar-refractivity contribution in [2.45, 2.75) is 6.54 Å². The molecule has 2 aromatic carbocycles. The molecule has 96 valence electrons. The molecule has 0 saturated heterocycles. The van der Waals surface area contributed by atoms with Crippen LogP contribution in [0.1, 0.15) is 5.56 Å². The predicted molar refractivity (Wildman–Crippen MR) is 88.3 cm³/mol. The molecule has 1 aromatic heterocycles. The monoisotopic (exact) mass is 351 g/mol. The Balaban J connectivity index is 1.80. The molecule has 0 amide bonds. The van der Waals surface area contributed by atoms with Crippen LogP contribution in [0, 0.1) is 0 Å². The van der Waals surface area contributed by atoms with Gasteiger partial charge < -0.3 is 5.32 Å². The van der Waals surface area contributed by atoms with Gasteiger partial charge in [0, 0.05) is 21.4 Å². The highest BCUT2D eigenvalue weighted by molar-refractivity contribution is 9.10. The minimum atomic E-state index is 0.722. The average molecular weight is 353 g/mol. The summed E-state index contributed by atoms with van der Waals surface area (Å²) in [6.45, 7) is 0.808. The van der Waals surface area contributed by atoms with E-state index in [0.717, 1.165) is 21.7 Å². The van der Waals surface area contributed by atoms with E-state index in [1.54, 1.807) is 11.3 Å². The van der Waals surface area contributed by atoms with E-state index in [4.69, 9.17) is 11.6 Å². The van der Waals surface area contributed by atoms with Crippen LogP contribution in [0.3, 0.4) is 0 Å². The number of halogens is 2. The van der Waals surface area contributed by atoms with Gasteiger partial charge in [0.2, 0.25) is 0 Å². The fourth-order valence-corrected chi connectivity index (χ4v) is 3.36. The van der Waals surface area contributed by atoms with Gasteiger partial charge in [0.05, 0.1) is 5.02 Å². The van der Waals surface area contributed by atoms with E-state index in [1.165, 1.54) is 15.6 Å². The number of nitrogens with one attached hydrogen (secondary N) is 1. The molecular formula is C15H11BrClNS. The molecule has 1 nitrogen and oxygen atoms in total. The molecule has 4 heteroatoms. The standard InChI is InChI=1S/C15H11BrClNS/c16-13-6-5-11(7-14(13)17)18-8-10-9-19-15-4-2-1-3-12(10)15/h1-7,9,18H,8H2. The number of fused-ring (bicyclic) bond motifs is 1. The normalized spacial score (nSPS) is 10.8. The van der Waals surface area contributed by atoms with Crippen molar-refractivity contribution in [2.75, 3.05) is 5.32 Å². The molecule has 0 bridgehead atoms. The van der Waals surface area contributed by atoms with E-state index in [1.807, 2.05) is 18.2 Å². The van der Waals surface area contributed by atoms with E-state index in [-0.39, 0.29) is 0 Å². The molecule has 0 aliphatic carbocycles. The van der Waals surface area contributed by atoms with E-state index in [9.17, 15) is 0 Å². The molecule has 19 heavy (non-hydrogen) atoms. The number of benzene rings is 2. The summed E-state index contributed by atoms with van der Waals surface area (Å²) in [6, 6.07) is 14.4. The van der Waals surface area contributed by atoms with Gasteiger partial charge in [-0.1, -0.05) is 29.8 Å². The number of thiophene rings is 1. The maximum atomic E-state index is 6.08. The molecule has 3 aromatic rings. The Labute approximate surface area is 129 Å². The third-order valence-electron chi connectivity index (χ3n) is 2.96. The van der Waals surface area contributed by atoms with Crippen LogP contribution in [0.25, 0.3) is 10.1 Å². The van der Waals surface area contributed by atoms with Gasteiger partial charge >= 0.3 is 0 Å². The molecular weight excluding hydrogens is 342 g/mol. The number of hydrogen-bond donors (Lipinski definition) is 1. The summed E-state index contributed by atoms with van der Waals surface area (Å²) in [5.41, 5.74) is 2.35. The van der Waals surface area contributed by atoms with Crippen molar-refractivity contribution in [2.24, 2.45) is 0 Å². The third kappa shape index (κ3) is 2.78. The van der Waals surface area contributed by atoms with Gasteiger partial charge in [-0.2, -0.15) is 0 Å². The van der Waals surface area contributed by atoms with Crippen LogP contribution in [-0.2, 0) is 6.54 Å². The van der Waals surface area contributed by atoms with Crippen LogP contribution in [-0.4, -0.2) is 0 Å². The van der Waals surface area contributed by atoms with Crippen molar-refractivity contribution in [1.82, 2.24) is 0 Å². The van der Waals surface area contributed by atoms with E-state index in [2.05, 4.69) is 50.9 Å². The second kappa shape index (κ2) is 5.53. The lowest BCUT2D eigenvalue weighted by Crippen LogP contribution is -1.98. The molecule has 0 radical (unpaired) electrons. The average Bonchev–Trinajstić information content (AvgIpc) is 2.83. The molecule has 1 heterocycles. The van der Waals surface area contributed by atoms with Crippen molar-refractivity contribution in [3.05, 3.63) is 62.9 Å². The van der Waals surface area contributed by atoms with Gasteiger partial charge in [0.25, 0.3) is 0 Å². The summed E-state index contributed by atoms with van der Waals surface area (Å²) < 4.78 is 2.24. The summed E-state index contributed by atoms with van der Waals surface area (Å²) in [5, 5.41) is 7.66. The summed E-state index contributed by atoms with van der Waals surface area (Å²) in [6.07, 6.45) is 0. The topological polar surface area (TPSA) is 12.0 Å². The maximum absolute atomic E-state index is 6.08. The molecule has 0 aliphatic rings. The molecule has 0 fully saturated rings. The highest BCUT2D eigenvalue weighted by Gasteiger charge is 2.04. The maximum Gasteiger partial charge on any atom is 0.0568 e. The van der Waals surface area contributed by atoms with Crippen molar-refractivity contribution >= 4 is 54.6 Å². The molecule has 0 spiro atoms. The van der Waals surface area contributed by atoms with Crippen LogP contribution >= 0.6 is 38.9 Å². The minimum Gasteiger partial charge on any atom is -0.381 e. The van der Waals surface area contributed by atoms with Crippen LogP contribution < -0.4 is 5.32 Å². The zero-order valence-electron chi connectivity index (χ0n) is 9.99. The smallest absolute Gasteiger partial charge is 0.0568 e. The van der Waals surface area contributed by atoms with Gasteiger partial charge in [-0.15, -0.1) is 11.3 Å². The first kappa shape index (κ1) is 13.0. The molecule has 3 rings (SSSR count). The van der Waals surface area contributed by atoms with Crippen molar-refractivity contribution in [3.63, 3.8) is 0 Å². The first-order valence-electron chi connectivity index (χ1n) is 5.88. The Morgan fingerprint density at radius 3 is 2.84 bits per heavy atom. The summed E-state index contributed by atoms with van der Waals surface area (Å²) in [7, 11) is 0. The van der Waals surface area contributed by atoms with Gasteiger partial charge in [-0.3, -0.25) is 0 Å². The quantitative estimate of drug-likeness (QED) is 0.616. The highest BCUT2D eigenvalue weighted by Crippen LogP contribution is 2.28. The largest absolute Gasteiger partial charge is 0.381 e. The lowest BCUT2D eigenvalue weighted by atomic mass is 10.2.